The van der Waals surface area contributed by atoms with E-state index in [1.807, 2.05) is 13.8 Å². The summed E-state index contributed by atoms with van der Waals surface area (Å²) in [6, 6.07) is 0. The molecule has 0 aromatic carbocycles. The maximum absolute atomic E-state index is 11.9. The van der Waals surface area contributed by atoms with Crippen LogP contribution in [-0.4, -0.2) is 32.6 Å². The van der Waals surface area contributed by atoms with Crippen molar-refractivity contribution in [1.82, 2.24) is 0 Å². The Morgan fingerprint density at radius 1 is 1.14 bits per heavy atom. The first-order valence-corrected chi connectivity index (χ1v) is 12.2. The van der Waals surface area contributed by atoms with Gasteiger partial charge < -0.3 is 15.3 Å². The molecule has 0 aromatic rings. The van der Waals surface area contributed by atoms with Crippen LogP contribution in [0.25, 0.3) is 0 Å². The lowest BCUT2D eigenvalue weighted by Gasteiger charge is -2.63. The van der Waals surface area contributed by atoms with Crippen LogP contribution in [0.4, 0.5) is 0 Å². The van der Waals surface area contributed by atoms with Crippen molar-refractivity contribution in [3.63, 3.8) is 0 Å². The van der Waals surface area contributed by atoms with Crippen LogP contribution in [0.15, 0.2) is 11.6 Å². The number of aliphatic hydroxyl groups excluding tert-OH is 1. The van der Waals surface area contributed by atoms with Gasteiger partial charge in [0.1, 0.15) is 0 Å². The second kappa shape index (κ2) is 7.07. The zero-order chi connectivity index (χ0) is 21.2. The van der Waals surface area contributed by atoms with Crippen LogP contribution in [0.3, 0.4) is 0 Å². The fraction of sp³-hybridized carbons (Fsp3) is 0.923. The summed E-state index contributed by atoms with van der Waals surface area (Å²) in [6.45, 7) is 10.8. The fourth-order valence-corrected chi connectivity index (χ4v) is 8.78. The summed E-state index contributed by atoms with van der Waals surface area (Å²) in [4.78, 5) is 0. The molecular weight excluding hydrogens is 360 g/mol. The monoisotopic (exact) mass is 404 g/mol. The van der Waals surface area contributed by atoms with E-state index in [-0.39, 0.29) is 16.9 Å². The van der Waals surface area contributed by atoms with Gasteiger partial charge >= 0.3 is 0 Å². The van der Waals surface area contributed by atoms with E-state index in [2.05, 4.69) is 26.8 Å². The minimum Gasteiger partial charge on any atom is -0.393 e. The molecule has 3 N–H and O–H groups in total. The van der Waals surface area contributed by atoms with Gasteiger partial charge in [-0.3, -0.25) is 0 Å². The summed E-state index contributed by atoms with van der Waals surface area (Å²) in [7, 11) is 0. The van der Waals surface area contributed by atoms with Gasteiger partial charge in [0, 0.05) is 0 Å². The first-order valence-electron chi connectivity index (χ1n) is 12.2. The van der Waals surface area contributed by atoms with E-state index in [4.69, 9.17) is 0 Å². The minimum absolute atomic E-state index is 0.0476. The van der Waals surface area contributed by atoms with Crippen LogP contribution in [-0.2, 0) is 0 Å². The number of aliphatic hydroxyl groups is 3. The van der Waals surface area contributed by atoms with Gasteiger partial charge in [-0.1, -0.05) is 31.9 Å². The number of fused-ring (bicyclic) bond motifs is 5. The number of hydrogen-bond donors (Lipinski definition) is 3. The Balaban J connectivity index is 1.59. The van der Waals surface area contributed by atoms with Crippen LogP contribution >= 0.6 is 0 Å². The van der Waals surface area contributed by atoms with Gasteiger partial charge in [-0.15, -0.1) is 0 Å². The highest BCUT2D eigenvalue weighted by Gasteiger charge is 2.64. The molecule has 166 valence electrons. The summed E-state index contributed by atoms with van der Waals surface area (Å²) < 4.78 is 0. The molecule has 0 aliphatic heterocycles. The van der Waals surface area contributed by atoms with Gasteiger partial charge in [0.2, 0.25) is 0 Å². The summed E-state index contributed by atoms with van der Waals surface area (Å²) in [5.41, 5.74) is 0.450. The van der Waals surface area contributed by atoms with Crippen molar-refractivity contribution in [2.24, 2.45) is 34.5 Å². The number of rotatable bonds is 4. The predicted molar refractivity (Wildman–Crippen MR) is 117 cm³/mol. The summed E-state index contributed by atoms with van der Waals surface area (Å²) >= 11 is 0. The topological polar surface area (TPSA) is 60.7 Å². The van der Waals surface area contributed by atoms with E-state index in [0.717, 1.165) is 44.9 Å². The second-order valence-electron chi connectivity index (χ2n) is 12.5. The predicted octanol–water partition coefficient (Wildman–Crippen LogP) is 5.23. The third-order valence-corrected chi connectivity index (χ3v) is 9.81. The highest BCUT2D eigenvalue weighted by atomic mass is 16.3. The largest absolute Gasteiger partial charge is 0.393 e. The lowest BCUT2D eigenvalue weighted by molar-refractivity contribution is -0.180. The Morgan fingerprint density at radius 2 is 1.86 bits per heavy atom. The van der Waals surface area contributed by atoms with E-state index in [9.17, 15) is 15.3 Å². The molecule has 3 fully saturated rings. The first-order chi connectivity index (χ1) is 13.4. The lowest BCUT2D eigenvalue weighted by Crippen LogP contribution is -2.61. The molecule has 4 aliphatic rings. The molecule has 3 nitrogen and oxygen atoms in total. The molecule has 29 heavy (non-hydrogen) atoms. The smallest absolute Gasteiger partial charge is 0.0664 e. The Kier molecular flexibility index (Phi) is 5.32. The normalized spacial score (nSPS) is 49.8. The van der Waals surface area contributed by atoms with Gasteiger partial charge in [-0.2, -0.15) is 0 Å². The van der Waals surface area contributed by atoms with E-state index in [0.29, 0.717) is 23.7 Å². The standard InChI is InChI=1S/C26H44O3/c1-23(2,28)13-6-7-17-9-11-21-20-10-8-18-15-19(27)12-14-24(18,3)22(20)26(5,29)16-25(17,21)4/h8,17,19-22,27-29H,6-7,9-16H2,1-5H3/t17-,19-,20-,21?,22?,24-,25+,26?/m0/s1. The fourth-order valence-electron chi connectivity index (χ4n) is 8.78. The molecule has 0 radical (unpaired) electrons. The van der Waals surface area contributed by atoms with Gasteiger partial charge in [-0.25, -0.2) is 0 Å². The number of allylic oxidation sites excluding steroid dienone is 1. The summed E-state index contributed by atoms with van der Waals surface area (Å²) in [6.07, 6.45) is 12.6. The molecular formula is C26H44O3. The molecule has 3 heteroatoms. The van der Waals surface area contributed by atoms with Crippen LogP contribution in [0.5, 0.6) is 0 Å². The van der Waals surface area contributed by atoms with Crippen LogP contribution in [0, 0.1) is 34.5 Å². The third kappa shape index (κ3) is 3.64. The van der Waals surface area contributed by atoms with Crippen molar-refractivity contribution in [1.29, 1.82) is 0 Å². The van der Waals surface area contributed by atoms with Crippen molar-refractivity contribution < 1.29 is 15.3 Å². The van der Waals surface area contributed by atoms with E-state index >= 15 is 0 Å². The molecule has 0 heterocycles. The van der Waals surface area contributed by atoms with Crippen LogP contribution in [0.1, 0.15) is 98.8 Å². The van der Waals surface area contributed by atoms with Crippen molar-refractivity contribution in [2.75, 3.05) is 0 Å². The van der Waals surface area contributed by atoms with E-state index in [1.165, 1.54) is 24.8 Å². The molecule has 0 amide bonds. The average molecular weight is 405 g/mol. The van der Waals surface area contributed by atoms with Gasteiger partial charge in [0.15, 0.2) is 0 Å². The SMILES string of the molecule is CC(C)(O)CCC[C@H]1CCC2[C@@H]3CC=C4C[C@@H](O)CC[C@]4(C)C3C(C)(O)C[C@@]21C. The third-order valence-electron chi connectivity index (χ3n) is 9.81. The molecule has 3 saturated carbocycles. The summed E-state index contributed by atoms with van der Waals surface area (Å²) in [5, 5.41) is 32.2. The second-order valence-corrected chi connectivity index (χ2v) is 12.5. The zero-order valence-electron chi connectivity index (χ0n) is 19.4. The molecule has 8 atom stereocenters. The van der Waals surface area contributed by atoms with E-state index < -0.39 is 11.2 Å². The molecule has 4 rings (SSSR count). The molecule has 0 bridgehead atoms. The van der Waals surface area contributed by atoms with Gasteiger partial charge in [0.25, 0.3) is 0 Å². The Morgan fingerprint density at radius 3 is 2.55 bits per heavy atom. The van der Waals surface area contributed by atoms with E-state index in [1.54, 1.807) is 0 Å². The molecule has 0 saturated heterocycles. The number of hydrogen-bond acceptors (Lipinski definition) is 3. The highest BCUT2D eigenvalue weighted by Crippen LogP contribution is 2.69. The zero-order valence-corrected chi connectivity index (χ0v) is 19.4. The van der Waals surface area contributed by atoms with Crippen molar-refractivity contribution in [2.45, 2.75) is 116 Å². The highest BCUT2D eigenvalue weighted by molar-refractivity contribution is 5.28. The summed E-state index contributed by atoms with van der Waals surface area (Å²) in [5.74, 6) is 2.23. The Labute approximate surface area is 178 Å². The Bertz CT molecular complexity index is 659. The minimum atomic E-state index is -0.648. The maximum Gasteiger partial charge on any atom is 0.0664 e. The van der Waals surface area contributed by atoms with Crippen LogP contribution in [0.2, 0.25) is 0 Å². The van der Waals surface area contributed by atoms with Gasteiger partial charge in [-0.05, 0) is 113 Å². The first kappa shape index (κ1) is 21.8. The molecule has 0 aromatic heterocycles. The average Bonchev–Trinajstić information content (AvgIpc) is 2.89. The van der Waals surface area contributed by atoms with Crippen LogP contribution < -0.4 is 0 Å². The lowest BCUT2D eigenvalue weighted by atomic mass is 9.43. The van der Waals surface area contributed by atoms with Crippen molar-refractivity contribution in [3.05, 3.63) is 11.6 Å². The molecule has 4 aliphatic carbocycles. The van der Waals surface area contributed by atoms with Crippen molar-refractivity contribution in [3.8, 4) is 0 Å². The molecule has 0 spiro atoms. The Hall–Kier alpha value is -0.380. The molecule has 3 unspecified atom stereocenters. The van der Waals surface area contributed by atoms with Gasteiger partial charge in [0.05, 0.1) is 17.3 Å². The maximum atomic E-state index is 11.9. The quantitative estimate of drug-likeness (QED) is 0.562. The van der Waals surface area contributed by atoms with Crippen molar-refractivity contribution >= 4 is 0 Å².